The van der Waals surface area contributed by atoms with Gasteiger partial charge in [-0.3, -0.25) is 0 Å². The molecule has 0 aromatic rings. The molecule has 0 bridgehead atoms. The van der Waals surface area contributed by atoms with Crippen LogP contribution in [0, 0.1) is 23.7 Å². The Morgan fingerprint density at radius 1 is 0.842 bits per heavy atom. The molecule has 0 aromatic heterocycles. The Hall–Kier alpha value is -0.0800. The van der Waals surface area contributed by atoms with Gasteiger partial charge in [-0.05, 0) is 55.8 Å². The van der Waals surface area contributed by atoms with Crippen LogP contribution in [0.3, 0.4) is 0 Å². The molecule has 0 amide bonds. The van der Waals surface area contributed by atoms with Crippen LogP contribution in [0.25, 0.3) is 0 Å². The lowest BCUT2D eigenvalue weighted by molar-refractivity contribution is -0.0374. The summed E-state index contributed by atoms with van der Waals surface area (Å²) in [5, 5.41) is 10.9. The van der Waals surface area contributed by atoms with Gasteiger partial charge in [0, 0.05) is 6.04 Å². The molecule has 6 atom stereocenters. The van der Waals surface area contributed by atoms with E-state index >= 15 is 0 Å². The van der Waals surface area contributed by atoms with Gasteiger partial charge in [0.2, 0.25) is 0 Å². The fourth-order valence-electron chi connectivity index (χ4n) is 5.34. The van der Waals surface area contributed by atoms with Crippen LogP contribution in [0.5, 0.6) is 0 Å². The second kappa shape index (κ2) is 6.13. The fourth-order valence-corrected chi connectivity index (χ4v) is 5.34. The van der Waals surface area contributed by atoms with E-state index in [0.29, 0.717) is 17.9 Å². The van der Waals surface area contributed by atoms with Crippen molar-refractivity contribution in [1.82, 2.24) is 0 Å². The van der Waals surface area contributed by atoms with Gasteiger partial charge in [0.25, 0.3) is 0 Å². The molecular formula is C17H31NO. The minimum Gasteiger partial charge on any atom is -0.393 e. The summed E-state index contributed by atoms with van der Waals surface area (Å²) in [4.78, 5) is 0. The van der Waals surface area contributed by atoms with Crippen molar-refractivity contribution in [3.05, 3.63) is 0 Å². The maximum absolute atomic E-state index is 10.9. The summed E-state index contributed by atoms with van der Waals surface area (Å²) in [5.74, 6) is 2.85. The number of aliphatic hydroxyl groups excluding tert-OH is 1. The van der Waals surface area contributed by atoms with Crippen molar-refractivity contribution < 1.29 is 5.11 Å². The summed E-state index contributed by atoms with van der Waals surface area (Å²) in [6.07, 6.45) is 14.3. The van der Waals surface area contributed by atoms with Crippen LogP contribution >= 0.6 is 0 Å². The predicted octanol–water partition coefficient (Wildman–Crippen LogP) is 3.47. The number of rotatable bonds is 2. The van der Waals surface area contributed by atoms with E-state index in [9.17, 15) is 5.11 Å². The van der Waals surface area contributed by atoms with Gasteiger partial charge in [0.1, 0.15) is 0 Å². The lowest BCUT2D eigenvalue weighted by atomic mass is 9.61. The largest absolute Gasteiger partial charge is 0.393 e. The normalized spacial score (nSPS) is 45.5. The summed E-state index contributed by atoms with van der Waals surface area (Å²) in [5.41, 5.74) is 6.11. The van der Waals surface area contributed by atoms with Gasteiger partial charge in [-0.1, -0.05) is 38.5 Å². The average molecular weight is 265 g/mol. The standard InChI is InChI=1S/C17H31NO/c18-14-8-3-7-13(11-14)17(19)16-10-4-6-12-5-1-2-9-15(12)16/h12-17,19H,1-11,18H2. The van der Waals surface area contributed by atoms with E-state index in [-0.39, 0.29) is 6.10 Å². The zero-order chi connectivity index (χ0) is 13.2. The summed E-state index contributed by atoms with van der Waals surface area (Å²) in [6, 6.07) is 0.346. The number of aliphatic hydroxyl groups is 1. The molecule has 3 fully saturated rings. The minimum atomic E-state index is -0.0581. The molecule has 0 saturated heterocycles. The van der Waals surface area contributed by atoms with E-state index in [4.69, 9.17) is 5.73 Å². The molecule has 2 heteroatoms. The molecule has 3 aliphatic rings. The molecule has 0 aliphatic heterocycles. The maximum Gasteiger partial charge on any atom is 0.0599 e. The zero-order valence-electron chi connectivity index (χ0n) is 12.3. The van der Waals surface area contributed by atoms with Crippen LogP contribution < -0.4 is 5.73 Å². The zero-order valence-corrected chi connectivity index (χ0v) is 12.3. The van der Waals surface area contributed by atoms with E-state index in [1.807, 2.05) is 0 Å². The number of hydrogen-bond acceptors (Lipinski definition) is 2. The van der Waals surface area contributed by atoms with Crippen molar-refractivity contribution in [2.75, 3.05) is 0 Å². The van der Waals surface area contributed by atoms with E-state index in [1.54, 1.807) is 0 Å². The Morgan fingerprint density at radius 3 is 2.42 bits per heavy atom. The van der Waals surface area contributed by atoms with Crippen molar-refractivity contribution in [2.45, 2.75) is 82.8 Å². The molecule has 6 unspecified atom stereocenters. The van der Waals surface area contributed by atoms with Crippen molar-refractivity contribution >= 4 is 0 Å². The Morgan fingerprint density at radius 2 is 1.58 bits per heavy atom. The number of fused-ring (bicyclic) bond motifs is 1. The highest BCUT2D eigenvalue weighted by Gasteiger charge is 2.41. The smallest absolute Gasteiger partial charge is 0.0599 e. The van der Waals surface area contributed by atoms with Crippen LogP contribution in [-0.4, -0.2) is 17.3 Å². The van der Waals surface area contributed by atoms with E-state index < -0.39 is 0 Å². The third-order valence-corrected chi connectivity index (χ3v) is 6.31. The molecule has 0 aromatic carbocycles. The molecule has 110 valence electrons. The lowest BCUT2D eigenvalue weighted by Crippen LogP contribution is -2.43. The molecule has 3 saturated carbocycles. The summed E-state index contributed by atoms with van der Waals surface area (Å²) in [6.45, 7) is 0. The van der Waals surface area contributed by atoms with E-state index in [2.05, 4.69) is 0 Å². The van der Waals surface area contributed by atoms with Gasteiger partial charge in [0.15, 0.2) is 0 Å². The molecule has 3 rings (SSSR count). The fraction of sp³-hybridized carbons (Fsp3) is 1.00. The van der Waals surface area contributed by atoms with Gasteiger partial charge in [-0.15, -0.1) is 0 Å². The quantitative estimate of drug-likeness (QED) is 0.803. The highest BCUT2D eigenvalue weighted by Crippen LogP contribution is 2.47. The van der Waals surface area contributed by atoms with Gasteiger partial charge >= 0.3 is 0 Å². The van der Waals surface area contributed by atoms with Gasteiger partial charge in [0.05, 0.1) is 6.10 Å². The molecule has 0 spiro atoms. The highest BCUT2D eigenvalue weighted by molar-refractivity contribution is 4.92. The highest BCUT2D eigenvalue weighted by atomic mass is 16.3. The summed E-state index contributed by atoms with van der Waals surface area (Å²) >= 11 is 0. The Balaban J connectivity index is 1.65. The predicted molar refractivity (Wildman–Crippen MR) is 78.7 cm³/mol. The second-order valence-electron chi connectivity index (χ2n) is 7.48. The van der Waals surface area contributed by atoms with Crippen molar-refractivity contribution in [2.24, 2.45) is 29.4 Å². The average Bonchev–Trinajstić information content (AvgIpc) is 2.46. The van der Waals surface area contributed by atoms with Crippen LogP contribution in [-0.2, 0) is 0 Å². The van der Waals surface area contributed by atoms with E-state index in [0.717, 1.165) is 18.3 Å². The first-order valence-electron chi connectivity index (χ1n) is 8.69. The van der Waals surface area contributed by atoms with Gasteiger partial charge < -0.3 is 10.8 Å². The molecule has 2 nitrogen and oxygen atoms in total. The third kappa shape index (κ3) is 3.00. The van der Waals surface area contributed by atoms with Crippen LogP contribution in [0.4, 0.5) is 0 Å². The minimum absolute atomic E-state index is 0.0581. The topological polar surface area (TPSA) is 46.2 Å². The summed E-state index contributed by atoms with van der Waals surface area (Å²) < 4.78 is 0. The third-order valence-electron chi connectivity index (χ3n) is 6.31. The van der Waals surface area contributed by atoms with Gasteiger partial charge in [-0.25, -0.2) is 0 Å². The first kappa shape index (κ1) is 13.9. The first-order chi connectivity index (χ1) is 9.25. The second-order valence-corrected chi connectivity index (χ2v) is 7.48. The Kier molecular flexibility index (Phi) is 4.48. The molecule has 3 N–H and O–H groups in total. The van der Waals surface area contributed by atoms with Crippen LogP contribution in [0.1, 0.15) is 70.6 Å². The Labute approximate surface area is 118 Å². The van der Waals surface area contributed by atoms with Crippen molar-refractivity contribution in [3.63, 3.8) is 0 Å². The first-order valence-corrected chi connectivity index (χ1v) is 8.69. The molecular weight excluding hydrogens is 234 g/mol. The molecule has 0 radical (unpaired) electrons. The van der Waals surface area contributed by atoms with Crippen molar-refractivity contribution in [3.8, 4) is 0 Å². The number of hydrogen-bond donors (Lipinski definition) is 2. The summed E-state index contributed by atoms with van der Waals surface area (Å²) in [7, 11) is 0. The van der Waals surface area contributed by atoms with Gasteiger partial charge in [-0.2, -0.15) is 0 Å². The molecule has 0 heterocycles. The molecule has 3 aliphatic carbocycles. The van der Waals surface area contributed by atoms with Crippen LogP contribution in [0.15, 0.2) is 0 Å². The monoisotopic (exact) mass is 265 g/mol. The molecule has 19 heavy (non-hydrogen) atoms. The lowest BCUT2D eigenvalue weighted by Gasteiger charge is -2.46. The van der Waals surface area contributed by atoms with Crippen LogP contribution in [0.2, 0.25) is 0 Å². The Bertz CT molecular complexity index is 291. The number of nitrogens with two attached hydrogens (primary N) is 1. The maximum atomic E-state index is 10.9. The van der Waals surface area contributed by atoms with E-state index in [1.165, 1.54) is 64.2 Å². The SMILES string of the molecule is NC1CCCC(C(O)C2CCCC3CCCCC32)C1. The van der Waals surface area contributed by atoms with Crippen molar-refractivity contribution in [1.29, 1.82) is 0 Å².